The molecule has 0 saturated carbocycles. The van der Waals surface area contributed by atoms with E-state index in [2.05, 4.69) is 9.47 Å². The molecular weight excluding hydrogens is 320 g/mol. The summed E-state index contributed by atoms with van der Waals surface area (Å²) in [5.41, 5.74) is -1.59. The van der Waals surface area contributed by atoms with Gasteiger partial charge in [0, 0.05) is 0 Å². The van der Waals surface area contributed by atoms with Gasteiger partial charge in [0.15, 0.2) is 6.17 Å². The molecule has 0 aliphatic carbocycles. The highest BCUT2D eigenvalue weighted by atomic mass is 19.3. The molecule has 0 aliphatic rings. The normalized spacial score (nSPS) is 13.0. The van der Waals surface area contributed by atoms with Crippen LogP contribution in [0.4, 0.5) is 17.6 Å². The number of methoxy groups -OCH3 is 1. The fourth-order valence-electron chi connectivity index (χ4n) is 1.76. The maximum atomic E-state index is 14.0. The summed E-state index contributed by atoms with van der Waals surface area (Å²) < 4.78 is 62.3. The molecule has 2 unspecified atom stereocenters. The van der Waals surface area contributed by atoms with Gasteiger partial charge in [0.25, 0.3) is 6.08 Å². The van der Waals surface area contributed by atoms with Gasteiger partial charge in [-0.25, -0.2) is 18.4 Å². The lowest BCUT2D eigenvalue weighted by Crippen LogP contribution is -2.30. The second-order valence-corrected chi connectivity index (χ2v) is 4.30. The average molecular weight is 334 g/mol. The van der Waals surface area contributed by atoms with Crippen LogP contribution in [0.3, 0.4) is 0 Å². The first-order valence-electron chi connectivity index (χ1n) is 6.52. The summed E-state index contributed by atoms with van der Waals surface area (Å²) in [6.07, 6.45) is -8.26. The molecule has 23 heavy (non-hydrogen) atoms. The number of hydrogen-bond donors (Lipinski definition) is 0. The number of hydrogen-bond acceptors (Lipinski definition) is 4. The van der Waals surface area contributed by atoms with Crippen molar-refractivity contribution in [1.29, 1.82) is 0 Å². The Hall–Kier alpha value is -2.38. The minimum atomic E-state index is -2.90. The molecule has 1 rings (SSSR count). The number of benzene rings is 1. The van der Waals surface area contributed by atoms with Crippen LogP contribution in [0.2, 0.25) is 0 Å². The van der Waals surface area contributed by atoms with Crippen LogP contribution >= 0.6 is 0 Å². The van der Waals surface area contributed by atoms with Crippen LogP contribution in [-0.2, 0) is 14.3 Å². The Balaban J connectivity index is 3.11. The summed E-state index contributed by atoms with van der Waals surface area (Å²) in [5, 5.41) is 0. The molecule has 126 valence electrons. The Morgan fingerprint density at radius 2 is 1.57 bits per heavy atom. The molecule has 0 radical (unpaired) electrons. The lowest BCUT2D eigenvalue weighted by molar-refractivity contribution is -0.150. The van der Waals surface area contributed by atoms with Crippen LogP contribution in [0, 0.1) is 0 Å². The average Bonchev–Trinajstić information content (AvgIpc) is 2.54. The van der Waals surface area contributed by atoms with Crippen LogP contribution in [0.5, 0.6) is 0 Å². The molecule has 0 bridgehead atoms. The Kier molecular flexibility index (Phi) is 6.74. The lowest BCUT2D eigenvalue weighted by atomic mass is 9.98. The minimum absolute atomic E-state index is 0.0486. The van der Waals surface area contributed by atoms with E-state index in [1.807, 2.05) is 0 Å². The second-order valence-electron chi connectivity index (χ2n) is 4.30. The Bertz CT molecular complexity index is 594. The number of esters is 2. The molecule has 0 spiro atoms. The van der Waals surface area contributed by atoms with Crippen molar-refractivity contribution < 1.29 is 36.6 Å². The molecular formula is C15H14F4O4. The van der Waals surface area contributed by atoms with Crippen molar-refractivity contribution >= 4 is 17.5 Å². The Morgan fingerprint density at radius 1 is 1.04 bits per heavy atom. The molecule has 0 aliphatic heterocycles. The quantitative estimate of drug-likeness (QED) is 0.592. The number of halogens is 4. The predicted octanol–water partition coefficient (Wildman–Crippen LogP) is 3.32. The third kappa shape index (κ3) is 4.54. The number of ether oxygens (including phenoxy) is 2. The molecule has 1 aromatic rings. The van der Waals surface area contributed by atoms with Gasteiger partial charge >= 0.3 is 11.9 Å². The number of carbonyl (C=O) groups excluding carboxylic acids is 2. The number of carbonyl (C=O) groups is 2. The van der Waals surface area contributed by atoms with Crippen molar-refractivity contribution in [3.63, 3.8) is 0 Å². The van der Waals surface area contributed by atoms with E-state index in [0.717, 1.165) is 31.4 Å². The molecule has 0 amide bonds. The number of alkyl halides is 2. The molecule has 0 fully saturated rings. The van der Waals surface area contributed by atoms with Crippen LogP contribution < -0.4 is 0 Å². The highest BCUT2D eigenvalue weighted by molar-refractivity contribution is 5.90. The van der Waals surface area contributed by atoms with Crippen molar-refractivity contribution in [3.8, 4) is 0 Å². The van der Waals surface area contributed by atoms with Crippen LogP contribution in [0.15, 0.2) is 30.3 Å². The second kappa shape index (κ2) is 8.30. The van der Waals surface area contributed by atoms with Gasteiger partial charge in [-0.3, -0.25) is 0 Å². The van der Waals surface area contributed by atoms with E-state index in [9.17, 15) is 27.2 Å². The summed E-state index contributed by atoms with van der Waals surface area (Å²) in [4.78, 5) is 22.4. The van der Waals surface area contributed by atoms with Gasteiger partial charge in [-0.2, -0.15) is 8.78 Å². The number of allylic oxidation sites excluding steroid dienone is 1. The molecule has 4 nitrogen and oxygen atoms in total. The van der Waals surface area contributed by atoms with Crippen molar-refractivity contribution in [2.45, 2.75) is 19.3 Å². The van der Waals surface area contributed by atoms with Crippen molar-refractivity contribution in [1.82, 2.24) is 0 Å². The highest BCUT2D eigenvalue weighted by Gasteiger charge is 2.35. The zero-order chi connectivity index (χ0) is 17.6. The van der Waals surface area contributed by atoms with E-state index >= 15 is 0 Å². The van der Waals surface area contributed by atoms with Gasteiger partial charge in [-0.1, -0.05) is 12.1 Å². The number of rotatable bonds is 6. The third-order valence-corrected chi connectivity index (χ3v) is 2.87. The van der Waals surface area contributed by atoms with Crippen molar-refractivity contribution in [3.05, 3.63) is 41.5 Å². The third-order valence-electron chi connectivity index (χ3n) is 2.87. The van der Waals surface area contributed by atoms with Gasteiger partial charge in [0.2, 0.25) is 6.17 Å². The summed E-state index contributed by atoms with van der Waals surface area (Å²) in [6, 6.07) is 4.25. The maximum Gasteiger partial charge on any atom is 0.344 e. The standard InChI is InChI=1S/C15H14F4O4/c1-3-23-15(21)12(17)11(16)10(13(18)19)8-4-6-9(7-5-8)14(20)22-2/h4-7,11-12H,3H2,1-2H3. The first kappa shape index (κ1) is 18.7. The van der Waals surface area contributed by atoms with E-state index in [0.29, 0.717) is 0 Å². The van der Waals surface area contributed by atoms with Gasteiger partial charge in [0.05, 0.1) is 24.9 Å². The fourth-order valence-corrected chi connectivity index (χ4v) is 1.76. The topological polar surface area (TPSA) is 52.6 Å². The first-order chi connectivity index (χ1) is 10.8. The van der Waals surface area contributed by atoms with Crippen LogP contribution in [0.25, 0.3) is 5.57 Å². The highest BCUT2D eigenvalue weighted by Crippen LogP contribution is 2.30. The van der Waals surface area contributed by atoms with E-state index in [4.69, 9.17) is 0 Å². The summed E-state index contributed by atoms with van der Waals surface area (Å²) in [5.74, 6) is -2.28. The molecule has 2 atom stereocenters. The predicted molar refractivity (Wildman–Crippen MR) is 73.3 cm³/mol. The van der Waals surface area contributed by atoms with E-state index in [1.165, 1.54) is 6.92 Å². The summed E-state index contributed by atoms with van der Waals surface area (Å²) in [7, 11) is 1.13. The van der Waals surface area contributed by atoms with Gasteiger partial charge in [-0.15, -0.1) is 0 Å². The van der Waals surface area contributed by atoms with Gasteiger partial charge < -0.3 is 9.47 Å². The molecule has 0 N–H and O–H groups in total. The summed E-state index contributed by atoms with van der Waals surface area (Å²) >= 11 is 0. The first-order valence-corrected chi connectivity index (χ1v) is 6.52. The van der Waals surface area contributed by atoms with Gasteiger partial charge in [0.1, 0.15) is 0 Å². The maximum absolute atomic E-state index is 14.0. The molecule has 8 heteroatoms. The Labute approximate surface area is 129 Å². The zero-order valence-corrected chi connectivity index (χ0v) is 12.3. The largest absolute Gasteiger partial charge is 0.465 e. The monoisotopic (exact) mass is 334 g/mol. The van der Waals surface area contributed by atoms with Crippen LogP contribution in [-0.4, -0.2) is 38.0 Å². The molecule has 1 aromatic carbocycles. The molecule has 0 aromatic heterocycles. The van der Waals surface area contributed by atoms with Crippen molar-refractivity contribution in [2.24, 2.45) is 0 Å². The Morgan fingerprint density at radius 3 is 2.00 bits per heavy atom. The smallest absolute Gasteiger partial charge is 0.344 e. The van der Waals surface area contributed by atoms with Crippen molar-refractivity contribution in [2.75, 3.05) is 13.7 Å². The van der Waals surface area contributed by atoms with Gasteiger partial charge in [-0.05, 0) is 24.6 Å². The molecule has 0 saturated heterocycles. The van der Waals surface area contributed by atoms with Crippen LogP contribution in [0.1, 0.15) is 22.8 Å². The fraction of sp³-hybridized carbons (Fsp3) is 0.333. The molecule has 0 heterocycles. The van der Waals surface area contributed by atoms with E-state index in [-0.39, 0.29) is 17.7 Å². The lowest BCUT2D eigenvalue weighted by Gasteiger charge is -2.15. The van der Waals surface area contributed by atoms with E-state index in [1.54, 1.807) is 0 Å². The van der Waals surface area contributed by atoms with E-state index < -0.39 is 35.9 Å². The zero-order valence-electron chi connectivity index (χ0n) is 12.3. The minimum Gasteiger partial charge on any atom is -0.465 e. The summed E-state index contributed by atoms with van der Waals surface area (Å²) in [6.45, 7) is 1.16. The SMILES string of the molecule is CCOC(=O)C(F)C(F)C(=C(F)F)c1ccc(C(=O)OC)cc1.